The second-order valence-corrected chi connectivity index (χ2v) is 2.54. The number of hydrogen-bond acceptors (Lipinski definition) is 3. The third kappa shape index (κ3) is 1.74. The van der Waals surface area contributed by atoms with E-state index in [1.165, 1.54) is 14.2 Å². The first-order chi connectivity index (χ1) is 6.76. The Morgan fingerprint density at radius 3 is 2.21 bits per heavy atom. The van der Waals surface area contributed by atoms with E-state index in [9.17, 15) is 0 Å². The molecule has 0 bridgehead atoms. The number of benzene rings is 1. The Balaban J connectivity index is 3.34. The summed E-state index contributed by atoms with van der Waals surface area (Å²) in [5.41, 5.74) is 0.503. The summed E-state index contributed by atoms with van der Waals surface area (Å²) in [5, 5.41) is 0. The average Bonchev–Trinajstić information content (AvgIpc) is 2.26. The Bertz CT molecular complexity index is 364. The lowest BCUT2D eigenvalue weighted by Gasteiger charge is -2.11. The van der Waals surface area contributed by atoms with Crippen molar-refractivity contribution >= 4 is 0 Å². The SMILES string of the molecule is [C]#Cc1cc(OC)cc(OC)c1OC. The zero-order valence-electron chi connectivity index (χ0n) is 8.38. The molecule has 0 saturated heterocycles. The minimum absolute atomic E-state index is 0.489. The van der Waals surface area contributed by atoms with Crippen LogP contribution >= 0.6 is 0 Å². The Hall–Kier alpha value is -1.82. The van der Waals surface area contributed by atoms with Gasteiger partial charge in [0.05, 0.1) is 26.9 Å². The van der Waals surface area contributed by atoms with Gasteiger partial charge in [-0.2, -0.15) is 0 Å². The summed E-state index contributed by atoms with van der Waals surface area (Å²) in [7, 11) is 4.60. The molecule has 0 amide bonds. The molecule has 1 aromatic carbocycles. The minimum Gasteiger partial charge on any atom is -0.497 e. The minimum atomic E-state index is 0.489. The van der Waals surface area contributed by atoms with Crippen LogP contribution in [0.25, 0.3) is 0 Å². The maximum atomic E-state index is 7.09. The smallest absolute Gasteiger partial charge is 0.176 e. The molecule has 0 spiro atoms. The van der Waals surface area contributed by atoms with E-state index >= 15 is 0 Å². The predicted octanol–water partition coefficient (Wildman–Crippen LogP) is 1.65. The summed E-state index contributed by atoms with van der Waals surface area (Å²) in [5.74, 6) is 3.89. The summed E-state index contributed by atoms with van der Waals surface area (Å²) in [6, 6.07) is 3.36. The van der Waals surface area contributed by atoms with Crippen molar-refractivity contribution in [2.75, 3.05) is 21.3 Å². The van der Waals surface area contributed by atoms with E-state index in [1.807, 2.05) is 0 Å². The van der Waals surface area contributed by atoms with Gasteiger partial charge in [-0.1, -0.05) is 0 Å². The first-order valence-electron chi connectivity index (χ1n) is 3.99. The quantitative estimate of drug-likeness (QED) is 0.680. The molecule has 0 heterocycles. The molecular weight excluding hydrogens is 180 g/mol. The maximum Gasteiger partial charge on any atom is 0.176 e. The third-order valence-corrected chi connectivity index (χ3v) is 1.82. The largest absolute Gasteiger partial charge is 0.497 e. The highest BCUT2D eigenvalue weighted by Gasteiger charge is 2.10. The molecule has 1 radical (unpaired) electrons. The lowest BCUT2D eigenvalue weighted by atomic mass is 10.2. The van der Waals surface area contributed by atoms with Crippen molar-refractivity contribution in [3.8, 4) is 23.2 Å². The van der Waals surface area contributed by atoms with Gasteiger partial charge < -0.3 is 14.2 Å². The van der Waals surface area contributed by atoms with E-state index in [4.69, 9.17) is 20.6 Å². The van der Waals surface area contributed by atoms with E-state index in [1.54, 1.807) is 19.2 Å². The van der Waals surface area contributed by atoms with Crippen molar-refractivity contribution in [2.45, 2.75) is 0 Å². The van der Waals surface area contributed by atoms with E-state index in [2.05, 4.69) is 5.92 Å². The molecule has 0 unspecified atom stereocenters. The zero-order valence-corrected chi connectivity index (χ0v) is 8.38. The molecule has 3 heteroatoms. The van der Waals surface area contributed by atoms with Gasteiger partial charge in [-0.25, -0.2) is 0 Å². The van der Waals surface area contributed by atoms with E-state index in [-0.39, 0.29) is 0 Å². The lowest BCUT2D eigenvalue weighted by molar-refractivity contribution is 0.348. The summed E-state index contributed by atoms with van der Waals surface area (Å²) in [4.78, 5) is 0. The van der Waals surface area contributed by atoms with Crippen LogP contribution in [0.1, 0.15) is 5.56 Å². The van der Waals surface area contributed by atoms with Crippen LogP contribution in [0, 0.1) is 12.3 Å². The average molecular weight is 191 g/mol. The summed E-state index contributed by atoms with van der Waals surface area (Å²) in [6.45, 7) is 0. The highest BCUT2D eigenvalue weighted by Crippen LogP contribution is 2.34. The molecule has 0 N–H and O–H groups in total. The second kappa shape index (κ2) is 4.43. The lowest BCUT2D eigenvalue weighted by Crippen LogP contribution is -1.95. The topological polar surface area (TPSA) is 27.7 Å². The standard InChI is InChI=1S/C11H11O3/c1-5-8-6-9(12-2)7-10(13-3)11(8)14-4/h6-7H,2-4H3. The fourth-order valence-electron chi connectivity index (χ4n) is 1.15. The van der Waals surface area contributed by atoms with Gasteiger partial charge in [0.2, 0.25) is 0 Å². The van der Waals surface area contributed by atoms with Gasteiger partial charge in [0.15, 0.2) is 11.5 Å². The molecule has 1 rings (SSSR count). The Kier molecular flexibility index (Phi) is 3.24. The number of ether oxygens (including phenoxy) is 3. The van der Waals surface area contributed by atoms with Crippen molar-refractivity contribution in [3.05, 3.63) is 24.1 Å². The first-order valence-corrected chi connectivity index (χ1v) is 3.99. The molecular formula is C11H11O3. The van der Waals surface area contributed by atoms with Gasteiger partial charge in [0.25, 0.3) is 0 Å². The van der Waals surface area contributed by atoms with Crippen molar-refractivity contribution in [1.82, 2.24) is 0 Å². The Labute approximate surface area is 83.6 Å². The van der Waals surface area contributed by atoms with Gasteiger partial charge in [-0.3, -0.25) is 0 Å². The Morgan fingerprint density at radius 2 is 1.79 bits per heavy atom. The van der Waals surface area contributed by atoms with Gasteiger partial charge in [0, 0.05) is 6.07 Å². The second-order valence-electron chi connectivity index (χ2n) is 2.54. The van der Waals surface area contributed by atoms with Crippen LogP contribution in [0.2, 0.25) is 0 Å². The number of rotatable bonds is 3. The molecule has 0 aliphatic heterocycles. The van der Waals surface area contributed by atoms with Crippen LogP contribution in [0.5, 0.6) is 17.2 Å². The van der Waals surface area contributed by atoms with Crippen LogP contribution in [-0.4, -0.2) is 21.3 Å². The van der Waals surface area contributed by atoms with Gasteiger partial charge in [-0.05, 0) is 18.4 Å². The van der Waals surface area contributed by atoms with Crippen molar-refractivity contribution in [2.24, 2.45) is 0 Å². The first kappa shape index (κ1) is 10.3. The predicted molar refractivity (Wildman–Crippen MR) is 52.3 cm³/mol. The number of methoxy groups -OCH3 is 3. The highest BCUT2D eigenvalue weighted by molar-refractivity contribution is 5.57. The monoisotopic (exact) mass is 191 g/mol. The molecule has 0 aliphatic carbocycles. The molecule has 0 aliphatic rings. The molecule has 0 fully saturated rings. The van der Waals surface area contributed by atoms with Gasteiger partial charge in [0.1, 0.15) is 5.75 Å². The Morgan fingerprint density at radius 1 is 1.07 bits per heavy atom. The van der Waals surface area contributed by atoms with Crippen molar-refractivity contribution in [1.29, 1.82) is 0 Å². The van der Waals surface area contributed by atoms with E-state index < -0.39 is 0 Å². The van der Waals surface area contributed by atoms with Crippen LogP contribution in [0.3, 0.4) is 0 Å². The molecule has 1 aromatic rings. The normalized spacial score (nSPS) is 9.00. The van der Waals surface area contributed by atoms with Crippen LogP contribution in [0.4, 0.5) is 0 Å². The van der Waals surface area contributed by atoms with Crippen LogP contribution < -0.4 is 14.2 Å². The third-order valence-electron chi connectivity index (χ3n) is 1.82. The van der Waals surface area contributed by atoms with Crippen molar-refractivity contribution < 1.29 is 14.2 Å². The molecule has 0 aromatic heterocycles. The molecule has 14 heavy (non-hydrogen) atoms. The molecule has 0 saturated carbocycles. The molecule has 3 nitrogen and oxygen atoms in total. The highest BCUT2D eigenvalue weighted by atomic mass is 16.5. The van der Waals surface area contributed by atoms with Crippen molar-refractivity contribution in [3.63, 3.8) is 0 Å². The fourth-order valence-corrected chi connectivity index (χ4v) is 1.15. The summed E-state index contributed by atoms with van der Waals surface area (Å²) in [6.07, 6.45) is 7.09. The number of hydrogen-bond donors (Lipinski definition) is 0. The fraction of sp³-hybridized carbons (Fsp3) is 0.273. The molecule has 0 atom stereocenters. The van der Waals surface area contributed by atoms with Gasteiger partial charge >= 0.3 is 0 Å². The van der Waals surface area contributed by atoms with E-state index in [0.717, 1.165) is 0 Å². The van der Waals surface area contributed by atoms with Crippen LogP contribution in [-0.2, 0) is 0 Å². The molecule has 73 valence electrons. The summed E-state index contributed by atoms with van der Waals surface area (Å²) < 4.78 is 15.2. The maximum absolute atomic E-state index is 7.09. The van der Waals surface area contributed by atoms with Gasteiger partial charge in [-0.15, -0.1) is 0 Å². The summed E-state index contributed by atoms with van der Waals surface area (Å²) >= 11 is 0. The van der Waals surface area contributed by atoms with E-state index in [0.29, 0.717) is 22.8 Å². The zero-order chi connectivity index (χ0) is 10.6. The van der Waals surface area contributed by atoms with Crippen LogP contribution in [0.15, 0.2) is 12.1 Å².